The number of fused-ring (bicyclic) bond motifs is 1. The van der Waals surface area contributed by atoms with Crippen molar-refractivity contribution in [3.8, 4) is 0 Å². The molecule has 1 fully saturated rings. The summed E-state index contributed by atoms with van der Waals surface area (Å²) in [4.78, 5) is 21.4. The molecule has 4 heterocycles. The number of amides is 1. The van der Waals surface area contributed by atoms with Gasteiger partial charge in [-0.2, -0.15) is 10.1 Å². The van der Waals surface area contributed by atoms with Gasteiger partial charge in [0.25, 0.3) is 0 Å². The highest BCUT2D eigenvalue weighted by Gasteiger charge is 2.25. The zero-order valence-corrected chi connectivity index (χ0v) is 19.7. The molecule has 1 aliphatic rings. The van der Waals surface area contributed by atoms with Gasteiger partial charge in [0.2, 0.25) is 11.9 Å². The Balaban J connectivity index is 1.47. The predicted octanol–water partition coefficient (Wildman–Crippen LogP) is 3.97. The van der Waals surface area contributed by atoms with E-state index in [2.05, 4.69) is 38.7 Å². The maximum atomic E-state index is 12.8. The van der Waals surface area contributed by atoms with Crippen LogP contribution in [0.5, 0.6) is 0 Å². The molecule has 33 heavy (non-hydrogen) atoms. The highest BCUT2D eigenvalue weighted by molar-refractivity contribution is 6.36. The van der Waals surface area contributed by atoms with Crippen molar-refractivity contribution in [3.63, 3.8) is 0 Å². The lowest BCUT2D eigenvalue weighted by Gasteiger charge is -2.35. The summed E-state index contributed by atoms with van der Waals surface area (Å²) in [5.74, 6) is 1.84. The Morgan fingerprint density at radius 2 is 2.06 bits per heavy atom. The molecule has 2 N–H and O–H groups in total. The van der Waals surface area contributed by atoms with Gasteiger partial charge in [-0.25, -0.2) is 4.52 Å². The van der Waals surface area contributed by atoms with Gasteiger partial charge >= 0.3 is 0 Å². The Labute approximate surface area is 201 Å². The van der Waals surface area contributed by atoms with Crippen LogP contribution in [-0.4, -0.2) is 61.8 Å². The zero-order chi connectivity index (χ0) is 23.5. The van der Waals surface area contributed by atoms with Crippen molar-refractivity contribution in [2.75, 3.05) is 36.4 Å². The number of aromatic amines is 1. The monoisotopic (exact) mass is 486 g/mol. The van der Waals surface area contributed by atoms with Crippen LogP contribution in [0.4, 0.5) is 17.6 Å². The van der Waals surface area contributed by atoms with Gasteiger partial charge in [-0.15, -0.1) is 5.10 Å². The minimum absolute atomic E-state index is 0.0653. The van der Waals surface area contributed by atoms with Crippen molar-refractivity contribution < 1.29 is 4.79 Å². The standard InChI is InChI=1S/C22H24Cl2N8O/c1-4-17(24)16(15(3)23)13-20(33)30-8-10-31(11-9-30)22-26-21(18-6-5-7-32(18)29-22)25-19-12-14(2)27-28-19/h4-7,12H,1,3,8-11,13H2,2H3,(H2,25,26,27,28,29)/b17-16+. The lowest BCUT2D eigenvalue weighted by Crippen LogP contribution is -2.49. The van der Waals surface area contributed by atoms with Crippen LogP contribution in [0.1, 0.15) is 12.1 Å². The van der Waals surface area contributed by atoms with E-state index in [-0.39, 0.29) is 17.4 Å². The number of halogens is 2. The number of aromatic nitrogens is 5. The summed E-state index contributed by atoms with van der Waals surface area (Å²) in [6, 6.07) is 5.75. The Bertz CT molecular complexity index is 1240. The third-order valence-electron chi connectivity index (χ3n) is 5.37. The summed E-state index contributed by atoms with van der Waals surface area (Å²) in [6.45, 7) is 11.5. The van der Waals surface area contributed by atoms with Gasteiger partial charge in [-0.3, -0.25) is 9.89 Å². The van der Waals surface area contributed by atoms with Crippen LogP contribution in [0.15, 0.2) is 59.3 Å². The van der Waals surface area contributed by atoms with Crippen LogP contribution in [0.3, 0.4) is 0 Å². The normalized spacial score (nSPS) is 14.9. The molecule has 172 valence electrons. The lowest BCUT2D eigenvalue weighted by molar-refractivity contribution is -0.130. The number of nitrogens with zero attached hydrogens (tertiary/aromatic N) is 6. The van der Waals surface area contributed by atoms with Crippen molar-refractivity contribution in [1.29, 1.82) is 0 Å². The summed E-state index contributed by atoms with van der Waals surface area (Å²) < 4.78 is 1.78. The Kier molecular flexibility index (Phi) is 6.71. The number of anilines is 3. The van der Waals surface area contributed by atoms with Crippen molar-refractivity contribution in [2.24, 2.45) is 0 Å². The number of carbonyl (C=O) groups is 1. The van der Waals surface area contributed by atoms with E-state index >= 15 is 0 Å². The maximum Gasteiger partial charge on any atom is 0.245 e. The molecule has 3 aromatic heterocycles. The second-order valence-corrected chi connectivity index (χ2v) is 8.50. The highest BCUT2D eigenvalue weighted by atomic mass is 35.5. The molecule has 0 saturated carbocycles. The second kappa shape index (κ2) is 9.68. The third-order valence-corrected chi connectivity index (χ3v) is 5.98. The van der Waals surface area contributed by atoms with Crippen LogP contribution in [0, 0.1) is 6.92 Å². The highest BCUT2D eigenvalue weighted by Crippen LogP contribution is 2.26. The number of nitrogens with one attached hydrogen (secondary N) is 2. The van der Waals surface area contributed by atoms with E-state index in [4.69, 9.17) is 28.2 Å². The number of rotatable bonds is 7. The SMILES string of the molecule is C=C/C(Cl)=C(/CC(=O)N1CCN(c2nc(Nc3cc(C)[nH]n3)c3cccn3n2)CC1)C(=C)Cl. The van der Waals surface area contributed by atoms with Gasteiger partial charge in [-0.1, -0.05) is 42.4 Å². The smallest absolute Gasteiger partial charge is 0.245 e. The number of carbonyl (C=O) groups excluding carboxylic acids is 1. The quantitative estimate of drug-likeness (QED) is 0.490. The molecule has 9 nitrogen and oxygen atoms in total. The van der Waals surface area contributed by atoms with Crippen LogP contribution in [-0.2, 0) is 4.79 Å². The van der Waals surface area contributed by atoms with E-state index in [0.717, 1.165) is 11.2 Å². The number of aryl methyl sites for hydroxylation is 1. The first-order chi connectivity index (χ1) is 15.9. The van der Waals surface area contributed by atoms with Gasteiger partial charge in [0.15, 0.2) is 11.6 Å². The molecule has 3 aromatic rings. The molecular formula is C22H24Cl2N8O. The first kappa shape index (κ1) is 22.9. The zero-order valence-electron chi connectivity index (χ0n) is 18.2. The van der Waals surface area contributed by atoms with Crippen molar-refractivity contribution in [3.05, 3.63) is 65.0 Å². The molecule has 0 radical (unpaired) electrons. The van der Waals surface area contributed by atoms with Gasteiger partial charge in [0.05, 0.1) is 6.42 Å². The van der Waals surface area contributed by atoms with Crippen molar-refractivity contribution >= 4 is 52.2 Å². The van der Waals surface area contributed by atoms with E-state index in [0.29, 0.717) is 54.4 Å². The number of hydrogen-bond acceptors (Lipinski definition) is 6. The molecule has 0 bridgehead atoms. The Morgan fingerprint density at radius 1 is 1.30 bits per heavy atom. The van der Waals surface area contributed by atoms with Crippen LogP contribution in [0.25, 0.3) is 5.52 Å². The van der Waals surface area contributed by atoms with E-state index in [1.807, 2.05) is 31.3 Å². The predicted molar refractivity (Wildman–Crippen MR) is 131 cm³/mol. The molecule has 0 unspecified atom stereocenters. The molecule has 0 aliphatic carbocycles. The fraction of sp³-hybridized carbons (Fsp3) is 0.273. The van der Waals surface area contributed by atoms with Crippen LogP contribution >= 0.6 is 23.2 Å². The molecule has 1 saturated heterocycles. The van der Waals surface area contributed by atoms with E-state index in [1.54, 1.807) is 9.42 Å². The van der Waals surface area contributed by atoms with Crippen molar-refractivity contribution in [1.82, 2.24) is 29.7 Å². The number of piperazine rings is 1. The maximum absolute atomic E-state index is 12.8. The summed E-state index contributed by atoms with van der Waals surface area (Å²) >= 11 is 12.2. The lowest BCUT2D eigenvalue weighted by atomic mass is 10.1. The molecular weight excluding hydrogens is 463 g/mol. The minimum Gasteiger partial charge on any atom is -0.339 e. The molecule has 0 spiro atoms. The average molecular weight is 487 g/mol. The summed E-state index contributed by atoms with van der Waals surface area (Å²) in [5.41, 5.74) is 2.28. The molecule has 1 amide bonds. The summed E-state index contributed by atoms with van der Waals surface area (Å²) in [7, 11) is 0. The first-order valence-electron chi connectivity index (χ1n) is 10.4. The Morgan fingerprint density at radius 3 is 2.70 bits per heavy atom. The molecule has 0 aromatic carbocycles. The second-order valence-electron chi connectivity index (χ2n) is 7.64. The molecule has 11 heteroatoms. The Hall–Kier alpha value is -3.30. The first-order valence-corrected chi connectivity index (χ1v) is 11.1. The molecule has 1 aliphatic heterocycles. The van der Waals surface area contributed by atoms with Gasteiger partial charge < -0.3 is 15.1 Å². The van der Waals surface area contributed by atoms with Gasteiger partial charge in [-0.05, 0) is 24.6 Å². The fourth-order valence-corrected chi connectivity index (χ4v) is 4.00. The van der Waals surface area contributed by atoms with E-state index < -0.39 is 0 Å². The number of H-pyrrole nitrogens is 1. The van der Waals surface area contributed by atoms with E-state index in [9.17, 15) is 4.79 Å². The fourth-order valence-electron chi connectivity index (χ4n) is 3.60. The van der Waals surface area contributed by atoms with Crippen LogP contribution in [0.2, 0.25) is 0 Å². The number of allylic oxidation sites excluding steroid dienone is 3. The third kappa shape index (κ3) is 5.04. The molecule has 4 rings (SSSR count). The largest absolute Gasteiger partial charge is 0.339 e. The number of hydrogen-bond donors (Lipinski definition) is 2. The minimum atomic E-state index is -0.0653. The average Bonchev–Trinajstić information content (AvgIpc) is 3.45. The summed E-state index contributed by atoms with van der Waals surface area (Å²) in [6.07, 6.45) is 3.41. The van der Waals surface area contributed by atoms with E-state index in [1.165, 1.54) is 6.08 Å². The van der Waals surface area contributed by atoms with Gasteiger partial charge in [0.1, 0.15) is 5.52 Å². The van der Waals surface area contributed by atoms with Crippen molar-refractivity contribution in [2.45, 2.75) is 13.3 Å². The van der Waals surface area contributed by atoms with Gasteiger partial charge in [0, 0.05) is 54.2 Å². The summed E-state index contributed by atoms with van der Waals surface area (Å²) in [5, 5.41) is 15.6. The molecule has 0 atom stereocenters. The topological polar surface area (TPSA) is 94.5 Å². The van der Waals surface area contributed by atoms with Crippen LogP contribution < -0.4 is 10.2 Å².